The lowest BCUT2D eigenvalue weighted by molar-refractivity contribution is 0.578. The second kappa shape index (κ2) is 7.63. The first-order valence-electron chi connectivity index (χ1n) is 7.44. The normalized spacial score (nSPS) is 19.0. The molecule has 0 radical (unpaired) electrons. The number of aryl methyl sites for hydroxylation is 1. The monoisotopic (exact) mass is 328 g/mol. The summed E-state index contributed by atoms with van der Waals surface area (Å²) in [7, 11) is -1.53. The number of hydrogen-bond donors (Lipinski definition) is 2. The minimum atomic E-state index is -3.40. The Balaban J connectivity index is 2.12. The average molecular weight is 329 g/mol. The molecule has 0 aromatic heterocycles. The Hall–Kier alpha value is -0.560. The summed E-state index contributed by atoms with van der Waals surface area (Å²) in [6, 6.07) is 5.42. The van der Waals surface area contributed by atoms with Crippen molar-refractivity contribution in [3.63, 3.8) is 0 Å². The minimum Gasteiger partial charge on any atom is -0.316 e. The predicted octanol–water partition coefficient (Wildman–Crippen LogP) is 2.14. The highest BCUT2D eigenvalue weighted by Gasteiger charge is 2.20. The third-order valence-corrected chi connectivity index (χ3v) is 6.58. The Morgan fingerprint density at radius 1 is 1.33 bits per heavy atom. The van der Waals surface area contributed by atoms with Crippen LogP contribution in [-0.4, -0.2) is 33.0 Å². The van der Waals surface area contributed by atoms with Crippen molar-refractivity contribution in [2.45, 2.75) is 42.9 Å². The Morgan fingerprint density at radius 3 is 2.76 bits per heavy atom. The molecule has 0 aliphatic carbocycles. The van der Waals surface area contributed by atoms with Crippen LogP contribution in [0.5, 0.6) is 0 Å². The first-order valence-corrected chi connectivity index (χ1v) is 9.97. The van der Waals surface area contributed by atoms with Gasteiger partial charge in [0.1, 0.15) is 0 Å². The van der Waals surface area contributed by atoms with Gasteiger partial charge >= 0.3 is 0 Å². The van der Waals surface area contributed by atoms with Gasteiger partial charge in [0.25, 0.3) is 0 Å². The first kappa shape index (κ1) is 16.8. The number of nitrogens with one attached hydrogen (secondary N) is 2. The zero-order valence-electron chi connectivity index (χ0n) is 12.7. The standard InChI is InChI=1S/C15H24N2O2S2/c1-3-12-6-7-15(9-13(12)10-16-2)21(18,19)17-11-14-5-4-8-20-14/h6-7,9,14,16-17H,3-5,8,10-11H2,1-2H3. The van der Waals surface area contributed by atoms with Crippen LogP contribution in [-0.2, 0) is 23.0 Å². The molecule has 2 N–H and O–H groups in total. The summed E-state index contributed by atoms with van der Waals surface area (Å²) in [5, 5.41) is 3.52. The highest BCUT2D eigenvalue weighted by atomic mass is 32.2. The Labute approximate surface area is 132 Å². The molecule has 2 rings (SSSR count). The van der Waals surface area contributed by atoms with E-state index < -0.39 is 10.0 Å². The van der Waals surface area contributed by atoms with E-state index in [0.29, 0.717) is 23.2 Å². The van der Waals surface area contributed by atoms with Crippen molar-refractivity contribution in [3.05, 3.63) is 29.3 Å². The summed E-state index contributed by atoms with van der Waals surface area (Å²) < 4.78 is 27.6. The molecule has 1 atom stereocenters. The van der Waals surface area contributed by atoms with Crippen LogP contribution in [0, 0.1) is 0 Å². The van der Waals surface area contributed by atoms with E-state index in [4.69, 9.17) is 0 Å². The van der Waals surface area contributed by atoms with E-state index in [1.165, 1.54) is 12.0 Å². The topological polar surface area (TPSA) is 58.2 Å². The number of rotatable bonds is 7. The number of thioether (sulfide) groups is 1. The maximum Gasteiger partial charge on any atom is 0.240 e. The molecule has 4 nitrogen and oxygen atoms in total. The van der Waals surface area contributed by atoms with Crippen molar-refractivity contribution in [1.82, 2.24) is 10.0 Å². The highest BCUT2D eigenvalue weighted by Crippen LogP contribution is 2.26. The molecule has 1 aliphatic rings. The van der Waals surface area contributed by atoms with Crippen LogP contribution >= 0.6 is 11.8 Å². The number of benzene rings is 1. The van der Waals surface area contributed by atoms with Crippen molar-refractivity contribution < 1.29 is 8.42 Å². The molecule has 118 valence electrons. The van der Waals surface area contributed by atoms with E-state index in [-0.39, 0.29) is 0 Å². The van der Waals surface area contributed by atoms with E-state index in [1.54, 1.807) is 12.1 Å². The molecular weight excluding hydrogens is 304 g/mol. The molecule has 1 unspecified atom stereocenters. The van der Waals surface area contributed by atoms with E-state index in [1.807, 2.05) is 24.9 Å². The zero-order chi connectivity index (χ0) is 15.3. The second-order valence-electron chi connectivity index (χ2n) is 5.30. The smallest absolute Gasteiger partial charge is 0.240 e. The maximum atomic E-state index is 12.4. The Kier molecular flexibility index (Phi) is 6.10. The number of hydrogen-bond acceptors (Lipinski definition) is 4. The van der Waals surface area contributed by atoms with E-state index in [0.717, 1.165) is 24.2 Å². The first-order chi connectivity index (χ1) is 10.1. The van der Waals surface area contributed by atoms with Crippen molar-refractivity contribution in [1.29, 1.82) is 0 Å². The van der Waals surface area contributed by atoms with Gasteiger partial charge in [-0.25, -0.2) is 13.1 Å². The van der Waals surface area contributed by atoms with Crippen molar-refractivity contribution >= 4 is 21.8 Å². The van der Waals surface area contributed by atoms with Gasteiger partial charge in [0, 0.05) is 18.3 Å². The largest absolute Gasteiger partial charge is 0.316 e. The van der Waals surface area contributed by atoms with Gasteiger partial charge in [-0.1, -0.05) is 13.0 Å². The minimum absolute atomic E-state index is 0.368. The van der Waals surface area contributed by atoms with E-state index >= 15 is 0 Å². The Morgan fingerprint density at radius 2 is 2.14 bits per heavy atom. The van der Waals surface area contributed by atoms with Gasteiger partial charge in [0.2, 0.25) is 10.0 Å². The quantitative estimate of drug-likeness (QED) is 0.805. The van der Waals surface area contributed by atoms with Crippen LogP contribution in [0.25, 0.3) is 0 Å². The fourth-order valence-electron chi connectivity index (χ4n) is 2.56. The highest BCUT2D eigenvalue weighted by molar-refractivity contribution is 8.00. The van der Waals surface area contributed by atoms with Crippen LogP contribution in [0.15, 0.2) is 23.1 Å². The molecule has 1 fully saturated rings. The zero-order valence-corrected chi connectivity index (χ0v) is 14.3. The molecule has 1 aromatic rings. The van der Waals surface area contributed by atoms with Gasteiger partial charge in [-0.2, -0.15) is 11.8 Å². The van der Waals surface area contributed by atoms with Gasteiger partial charge in [-0.15, -0.1) is 0 Å². The van der Waals surface area contributed by atoms with Crippen LogP contribution in [0.2, 0.25) is 0 Å². The molecule has 1 aliphatic heterocycles. The van der Waals surface area contributed by atoms with Crippen LogP contribution in [0.4, 0.5) is 0 Å². The predicted molar refractivity (Wildman–Crippen MR) is 89.3 cm³/mol. The molecule has 1 saturated heterocycles. The van der Waals surface area contributed by atoms with Gasteiger partial charge in [0.15, 0.2) is 0 Å². The van der Waals surface area contributed by atoms with Gasteiger partial charge in [0.05, 0.1) is 4.90 Å². The molecule has 21 heavy (non-hydrogen) atoms. The SMILES string of the molecule is CCc1ccc(S(=O)(=O)NCC2CCCS2)cc1CNC. The summed E-state index contributed by atoms with van der Waals surface area (Å²) in [6.45, 7) is 3.30. The lowest BCUT2D eigenvalue weighted by Crippen LogP contribution is -2.30. The molecule has 0 bridgehead atoms. The Bertz CT molecular complexity index is 567. The van der Waals surface area contributed by atoms with Crippen LogP contribution in [0.1, 0.15) is 30.9 Å². The summed E-state index contributed by atoms with van der Waals surface area (Å²) >= 11 is 1.86. The van der Waals surface area contributed by atoms with Crippen molar-refractivity contribution in [2.75, 3.05) is 19.3 Å². The van der Waals surface area contributed by atoms with Gasteiger partial charge in [-0.3, -0.25) is 0 Å². The van der Waals surface area contributed by atoms with Gasteiger partial charge in [-0.05, 0) is 55.3 Å². The third kappa shape index (κ3) is 4.45. The number of sulfonamides is 1. The van der Waals surface area contributed by atoms with Crippen LogP contribution < -0.4 is 10.0 Å². The van der Waals surface area contributed by atoms with Crippen molar-refractivity contribution in [3.8, 4) is 0 Å². The lowest BCUT2D eigenvalue weighted by atomic mass is 10.1. The second-order valence-corrected chi connectivity index (χ2v) is 8.48. The molecular formula is C15H24N2O2S2. The molecule has 0 amide bonds. The van der Waals surface area contributed by atoms with Gasteiger partial charge < -0.3 is 5.32 Å². The third-order valence-electron chi connectivity index (χ3n) is 3.76. The summed E-state index contributed by atoms with van der Waals surface area (Å²) in [6.07, 6.45) is 3.20. The fourth-order valence-corrected chi connectivity index (χ4v) is 5.00. The lowest BCUT2D eigenvalue weighted by Gasteiger charge is -2.13. The summed E-state index contributed by atoms with van der Waals surface area (Å²) in [5.74, 6) is 1.14. The molecule has 6 heteroatoms. The molecule has 1 aromatic carbocycles. The maximum absolute atomic E-state index is 12.4. The summed E-state index contributed by atoms with van der Waals surface area (Å²) in [5.41, 5.74) is 2.24. The summed E-state index contributed by atoms with van der Waals surface area (Å²) in [4.78, 5) is 0.368. The average Bonchev–Trinajstić information content (AvgIpc) is 2.99. The fraction of sp³-hybridized carbons (Fsp3) is 0.600. The van der Waals surface area contributed by atoms with Crippen molar-refractivity contribution in [2.24, 2.45) is 0 Å². The molecule has 0 spiro atoms. The van der Waals surface area contributed by atoms with E-state index in [9.17, 15) is 8.42 Å². The van der Waals surface area contributed by atoms with E-state index in [2.05, 4.69) is 17.0 Å². The molecule has 0 saturated carbocycles. The van der Waals surface area contributed by atoms with Crippen LogP contribution in [0.3, 0.4) is 0 Å². The molecule has 1 heterocycles.